The van der Waals surface area contributed by atoms with Crippen LogP contribution in [0.1, 0.15) is 42.3 Å². The van der Waals surface area contributed by atoms with Crippen LogP contribution < -0.4 is 5.73 Å². The van der Waals surface area contributed by atoms with Crippen molar-refractivity contribution in [1.29, 1.82) is 0 Å². The van der Waals surface area contributed by atoms with Crippen molar-refractivity contribution >= 4 is 11.3 Å². The van der Waals surface area contributed by atoms with E-state index in [1.165, 1.54) is 9.88 Å². The number of aryl methyl sites for hydroxylation is 2. The van der Waals surface area contributed by atoms with Gasteiger partial charge >= 0.3 is 0 Å². The van der Waals surface area contributed by atoms with Crippen LogP contribution in [0, 0.1) is 13.8 Å². The molecular formula is C11H20N2S. The van der Waals surface area contributed by atoms with Crippen molar-refractivity contribution in [1.82, 2.24) is 4.98 Å². The molecule has 0 saturated heterocycles. The molecule has 0 spiro atoms. The van der Waals surface area contributed by atoms with Crippen LogP contribution >= 0.6 is 11.3 Å². The Kier molecular flexibility index (Phi) is 3.67. The maximum absolute atomic E-state index is 5.89. The zero-order chi connectivity index (χ0) is 10.8. The van der Waals surface area contributed by atoms with Gasteiger partial charge in [0.2, 0.25) is 0 Å². The van der Waals surface area contributed by atoms with Crippen LogP contribution in [0.15, 0.2) is 0 Å². The van der Waals surface area contributed by atoms with Crippen molar-refractivity contribution in [2.45, 2.75) is 46.0 Å². The molecule has 0 unspecified atom stereocenters. The molecule has 2 N–H and O–H groups in total. The van der Waals surface area contributed by atoms with E-state index >= 15 is 0 Å². The predicted octanol–water partition coefficient (Wildman–Crippen LogP) is 2.78. The summed E-state index contributed by atoms with van der Waals surface area (Å²) in [4.78, 5) is 5.95. The quantitative estimate of drug-likeness (QED) is 0.833. The zero-order valence-corrected chi connectivity index (χ0v) is 10.4. The molecule has 0 fully saturated rings. The second-order valence-corrected chi connectivity index (χ2v) is 5.06. The van der Waals surface area contributed by atoms with E-state index in [2.05, 4.69) is 32.7 Å². The average Bonchev–Trinajstić information content (AvgIpc) is 2.51. The van der Waals surface area contributed by atoms with Crippen LogP contribution in [0.3, 0.4) is 0 Å². The first kappa shape index (κ1) is 11.7. The molecule has 0 saturated carbocycles. The van der Waals surface area contributed by atoms with Crippen molar-refractivity contribution in [2.75, 3.05) is 6.54 Å². The lowest BCUT2D eigenvalue weighted by Gasteiger charge is -2.27. The van der Waals surface area contributed by atoms with Gasteiger partial charge in [-0.2, -0.15) is 0 Å². The minimum atomic E-state index is 0.115. The van der Waals surface area contributed by atoms with Gasteiger partial charge in [-0.1, -0.05) is 13.8 Å². The number of rotatable bonds is 4. The number of aromatic nitrogens is 1. The molecule has 0 aromatic carbocycles. The van der Waals surface area contributed by atoms with Crippen molar-refractivity contribution in [3.63, 3.8) is 0 Å². The second-order valence-electron chi connectivity index (χ2n) is 3.85. The van der Waals surface area contributed by atoms with Gasteiger partial charge in [-0.05, 0) is 26.7 Å². The first-order valence-corrected chi connectivity index (χ1v) is 6.06. The fourth-order valence-corrected chi connectivity index (χ4v) is 2.88. The summed E-state index contributed by atoms with van der Waals surface area (Å²) < 4.78 is 0. The fourth-order valence-electron chi connectivity index (χ4n) is 1.63. The summed E-state index contributed by atoms with van der Waals surface area (Å²) in [5.41, 5.74) is 7.16. The SMILES string of the molecule is CCC(CC)(CN)c1nc(C)c(C)s1. The highest BCUT2D eigenvalue weighted by Gasteiger charge is 2.30. The lowest BCUT2D eigenvalue weighted by Crippen LogP contribution is -2.33. The lowest BCUT2D eigenvalue weighted by atomic mass is 9.83. The largest absolute Gasteiger partial charge is 0.329 e. The third-order valence-electron chi connectivity index (χ3n) is 3.23. The Morgan fingerprint density at radius 2 is 1.86 bits per heavy atom. The molecule has 1 heterocycles. The number of nitrogens with zero attached hydrogens (tertiary/aromatic N) is 1. The van der Waals surface area contributed by atoms with E-state index in [1.54, 1.807) is 11.3 Å². The van der Waals surface area contributed by atoms with E-state index in [-0.39, 0.29) is 5.41 Å². The van der Waals surface area contributed by atoms with Gasteiger partial charge in [0.05, 0.1) is 5.69 Å². The van der Waals surface area contributed by atoms with Gasteiger partial charge < -0.3 is 5.73 Å². The maximum Gasteiger partial charge on any atom is 0.100 e. The van der Waals surface area contributed by atoms with E-state index in [1.807, 2.05) is 0 Å². The highest BCUT2D eigenvalue weighted by Crippen LogP contribution is 2.34. The molecular weight excluding hydrogens is 192 g/mol. The second kappa shape index (κ2) is 4.41. The first-order valence-electron chi connectivity index (χ1n) is 5.24. The Bertz CT molecular complexity index is 272. The number of hydrogen-bond donors (Lipinski definition) is 1. The molecule has 0 aliphatic heterocycles. The van der Waals surface area contributed by atoms with Gasteiger partial charge in [-0.15, -0.1) is 11.3 Å². The average molecular weight is 212 g/mol. The zero-order valence-electron chi connectivity index (χ0n) is 9.55. The highest BCUT2D eigenvalue weighted by molar-refractivity contribution is 7.11. The summed E-state index contributed by atoms with van der Waals surface area (Å²) in [6.07, 6.45) is 2.15. The van der Waals surface area contributed by atoms with Crippen LogP contribution in [0.5, 0.6) is 0 Å². The molecule has 1 rings (SSSR count). The predicted molar refractivity (Wildman–Crippen MR) is 62.9 cm³/mol. The minimum absolute atomic E-state index is 0.115. The summed E-state index contributed by atoms with van der Waals surface area (Å²) in [5.74, 6) is 0. The van der Waals surface area contributed by atoms with E-state index < -0.39 is 0 Å². The molecule has 80 valence electrons. The Labute approximate surface area is 90.6 Å². The van der Waals surface area contributed by atoms with Crippen LogP contribution in [0.25, 0.3) is 0 Å². The molecule has 0 atom stereocenters. The minimum Gasteiger partial charge on any atom is -0.329 e. The van der Waals surface area contributed by atoms with Gasteiger partial charge in [0.25, 0.3) is 0 Å². The number of hydrogen-bond acceptors (Lipinski definition) is 3. The van der Waals surface area contributed by atoms with Gasteiger partial charge in [0.15, 0.2) is 0 Å². The molecule has 14 heavy (non-hydrogen) atoms. The van der Waals surface area contributed by atoms with E-state index in [4.69, 9.17) is 5.73 Å². The molecule has 0 radical (unpaired) electrons. The number of nitrogens with two attached hydrogens (primary N) is 1. The molecule has 2 nitrogen and oxygen atoms in total. The Morgan fingerprint density at radius 1 is 1.29 bits per heavy atom. The third kappa shape index (κ3) is 1.84. The van der Waals surface area contributed by atoms with Gasteiger partial charge in [-0.25, -0.2) is 4.98 Å². The fraction of sp³-hybridized carbons (Fsp3) is 0.727. The standard InChI is InChI=1S/C11H20N2S/c1-5-11(6-2,7-12)10-13-8(3)9(4)14-10/h5-7,12H2,1-4H3. The molecule has 0 amide bonds. The summed E-state index contributed by atoms with van der Waals surface area (Å²) >= 11 is 1.80. The molecule has 3 heteroatoms. The van der Waals surface area contributed by atoms with Gasteiger partial charge in [-0.3, -0.25) is 0 Å². The smallest absolute Gasteiger partial charge is 0.100 e. The van der Waals surface area contributed by atoms with Gasteiger partial charge in [0, 0.05) is 16.8 Å². The Hall–Kier alpha value is -0.410. The van der Waals surface area contributed by atoms with Crippen LogP contribution in [0.4, 0.5) is 0 Å². The van der Waals surface area contributed by atoms with E-state index in [0.717, 1.165) is 18.5 Å². The monoisotopic (exact) mass is 212 g/mol. The third-order valence-corrected chi connectivity index (χ3v) is 4.55. The van der Waals surface area contributed by atoms with Crippen molar-refractivity contribution < 1.29 is 0 Å². The molecule has 1 aromatic heterocycles. The van der Waals surface area contributed by atoms with E-state index in [9.17, 15) is 0 Å². The van der Waals surface area contributed by atoms with Crippen molar-refractivity contribution in [3.05, 3.63) is 15.6 Å². The summed E-state index contributed by atoms with van der Waals surface area (Å²) in [6.45, 7) is 9.29. The molecule has 0 aliphatic rings. The van der Waals surface area contributed by atoms with Crippen LogP contribution in [-0.2, 0) is 5.41 Å². The summed E-state index contributed by atoms with van der Waals surface area (Å²) in [6, 6.07) is 0. The topological polar surface area (TPSA) is 38.9 Å². The Morgan fingerprint density at radius 3 is 2.14 bits per heavy atom. The Balaban J connectivity index is 3.10. The van der Waals surface area contributed by atoms with Gasteiger partial charge in [0.1, 0.15) is 5.01 Å². The van der Waals surface area contributed by atoms with Crippen LogP contribution in [-0.4, -0.2) is 11.5 Å². The summed E-state index contributed by atoms with van der Waals surface area (Å²) in [5, 5.41) is 1.22. The maximum atomic E-state index is 5.89. The summed E-state index contributed by atoms with van der Waals surface area (Å²) in [7, 11) is 0. The lowest BCUT2D eigenvalue weighted by molar-refractivity contribution is 0.404. The normalized spacial score (nSPS) is 12.1. The van der Waals surface area contributed by atoms with Crippen LogP contribution in [0.2, 0.25) is 0 Å². The van der Waals surface area contributed by atoms with Crippen molar-refractivity contribution in [3.8, 4) is 0 Å². The number of thiazole rings is 1. The first-order chi connectivity index (χ1) is 6.59. The molecule has 1 aromatic rings. The highest BCUT2D eigenvalue weighted by atomic mass is 32.1. The molecule has 0 aliphatic carbocycles. The van der Waals surface area contributed by atoms with E-state index in [0.29, 0.717) is 6.54 Å². The van der Waals surface area contributed by atoms with Crippen molar-refractivity contribution in [2.24, 2.45) is 5.73 Å². The molecule has 0 bridgehead atoms.